The van der Waals surface area contributed by atoms with Crippen LogP contribution < -0.4 is 11.1 Å². The van der Waals surface area contributed by atoms with Crippen LogP contribution >= 0.6 is 0 Å². The number of piperidine rings is 2. The average molecular weight is 615 g/mol. The molecule has 0 radical (unpaired) electrons. The van der Waals surface area contributed by atoms with Gasteiger partial charge in [0, 0.05) is 30.6 Å². The molecule has 3 aromatic rings. The first kappa shape index (κ1) is 32.3. The first-order valence-corrected chi connectivity index (χ1v) is 15.5. The third-order valence-corrected chi connectivity index (χ3v) is 10.5. The maximum absolute atomic E-state index is 14.0. The van der Waals surface area contributed by atoms with Gasteiger partial charge in [-0.05, 0) is 54.8 Å². The fourth-order valence-corrected chi connectivity index (χ4v) is 8.52. The summed E-state index contributed by atoms with van der Waals surface area (Å²) in [4.78, 5) is 41.2. The summed E-state index contributed by atoms with van der Waals surface area (Å²) < 4.78 is 0. The maximum atomic E-state index is 14.0. The van der Waals surface area contributed by atoms with E-state index >= 15 is 0 Å². The van der Waals surface area contributed by atoms with Crippen LogP contribution in [0.25, 0.3) is 0 Å². The Hall–Kier alpha value is -4.12. The van der Waals surface area contributed by atoms with E-state index in [-0.39, 0.29) is 11.7 Å². The van der Waals surface area contributed by atoms with Crippen LogP contribution in [0.1, 0.15) is 62.3 Å². The lowest BCUT2D eigenvalue weighted by Crippen LogP contribution is -2.76. The molecular formula is C35H42N4O6. The zero-order valence-corrected chi connectivity index (χ0v) is 25.9. The molecule has 2 fully saturated rings. The molecule has 0 bridgehead atoms. The molecule has 5 rings (SSSR count). The third-order valence-electron chi connectivity index (χ3n) is 10.5. The molecule has 0 spiro atoms. The number of hydrogen-bond donors (Lipinski definition) is 4. The van der Waals surface area contributed by atoms with E-state index in [0.29, 0.717) is 24.9 Å². The second-order valence-corrected chi connectivity index (χ2v) is 12.8. The van der Waals surface area contributed by atoms with E-state index in [9.17, 15) is 29.9 Å². The number of non-ortho nitro benzene ring substituents is 1. The molecule has 6 atom stereocenters. The van der Waals surface area contributed by atoms with Crippen molar-refractivity contribution in [3.63, 3.8) is 0 Å². The Balaban J connectivity index is 1.73. The molecule has 238 valence electrons. The third kappa shape index (κ3) is 5.30. The highest BCUT2D eigenvalue weighted by Crippen LogP contribution is 2.62. The summed E-state index contributed by atoms with van der Waals surface area (Å²) in [6, 6.07) is 25.0. The van der Waals surface area contributed by atoms with Crippen LogP contribution in [0.2, 0.25) is 0 Å². The number of carbonyl (C=O) groups is 2. The van der Waals surface area contributed by atoms with Crippen LogP contribution in [0.15, 0.2) is 84.9 Å². The number of hydrogen-bond acceptors (Lipinski definition) is 7. The first-order chi connectivity index (χ1) is 21.5. The highest BCUT2D eigenvalue weighted by Gasteiger charge is 2.70. The van der Waals surface area contributed by atoms with Gasteiger partial charge in [0.15, 0.2) is 0 Å². The molecule has 0 aromatic heterocycles. The predicted molar refractivity (Wildman–Crippen MR) is 170 cm³/mol. The second-order valence-electron chi connectivity index (χ2n) is 12.8. The lowest BCUT2D eigenvalue weighted by molar-refractivity contribution is -0.385. The Bertz CT molecular complexity index is 1500. The second kappa shape index (κ2) is 12.7. The van der Waals surface area contributed by atoms with Gasteiger partial charge in [-0.15, -0.1) is 0 Å². The molecule has 2 aliphatic heterocycles. The average Bonchev–Trinajstić information content (AvgIpc) is 3.01. The molecule has 2 saturated heterocycles. The first-order valence-electron chi connectivity index (χ1n) is 15.5. The van der Waals surface area contributed by atoms with Gasteiger partial charge in [0.25, 0.3) is 5.69 Å². The van der Waals surface area contributed by atoms with Gasteiger partial charge in [-0.25, -0.2) is 0 Å². The topological polar surface area (TPSA) is 159 Å². The minimum absolute atomic E-state index is 0.152. The van der Waals surface area contributed by atoms with Crippen LogP contribution in [-0.4, -0.2) is 57.3 Å². The fraction of sp³-hybridized carbons (Fsp3) is 0.429. The van der Waals surface area contributed by atoms with Crippen LogP contribution in [0.5, 0.6) is 0 Å². The van der Waals surface area contributed by atoms with Gasteiger partial charge in [-0.2, -0.15) is 0 Å². The van der Waals surface area contributed by atoms with Gasteiger partial charge >= 0.3 is 11.9 Å². The Morgan fingerprint density at radius 2 is 1.58 bits per heavy atom. The number of carboxylic acid groups (broad SMARTS) is 2. The highest BCUT2D eigenvalue weighted by molar-refractivity contribution is 5.85. The van der Waals surface area contributed by atoms with Crippen molar-refractivity contribution in [1.82, 2.24) is 10.2 Å². The van der Waals surface area contributed by atoms with Gasteiger partial charge in [0.2, 0.25) is 0 Å². The smallest absolute Gasteiger partial charge is 0.313 e. The van der Waals surface area contributed by atoms with Gasteiger partial charge in [-0.3, -0.25) is 29.9 Å². The summed E-state index contributed by atoms with van der Waals surface area (Å²) in [7, 11) is 0. The zero-order chi connectivity index (χ0) is 32.5. The van der Waals surface area contributed by atoms with E-state index in [2.05, 4.69) is 34.5 Å². The van der Waals surface area contributed by atoms with E-state index in [4.69, 9.17) is 5.73 Å². The van der Waals surface area contributed by atoms with Gasteiger partial charge in [0.1, 0.15) is 5.41 Å². The summed E-state index contributed by atoms with van der Waals surface area (Å²) in [5.74, 6) is -4.68. The van der Waals surface area contributed by atoms with Crippen molar-refractivity contribution >= 4 is 17.6 Å². The van der Waals surface area contributed by atoms with Gasteiger partial charge in [-0.1, -0.05) is 86.6 Å². The summed E-state index contributed by atoms with van der Waals surface area (Å²) in [5.41, 5.74) is 5.43. The van der Waals surface area contributed by atoms with Crippen molar-refractivity contribution in [2.75, 3.05) is 13.1 Å². The number of carboxylic acids is 2. The molecule has 0 aliphatic carbocycles. The SMILES string of the molecule is CC(C)C1(C(=O)O)C(N)NC(C)C(C(=O)O)(C2CCCN(C(c3ccccc3)c3ccccc3)C2)C1c1cccc([N+](=O)[O-])c1. The number of nitrogens with one attached hydrogen (secondary N) is 1. The molecule has 2 aliphatic rings. The lowest BCUT2D eigenvalue weighted by Gasteiger charge is -2.61. The molecule has 45 heavy (non-hydrogen) atoms. The van der Waals surface area contributed by atoms with Crippen molar-refractivity contribution in [2.45, 2.75) is 57.8 Å². The lowest BCUT2D eigenvalue weighted by atomic mass is 9.46. The molecular weight excluding hydrogens is 572 g/mol. The minimum Gasteiger partial charge on any atom is -0.481 e. The normalized spacial score (nSPS) is 29.0. The van der Waals surface area contributed by atoms with Crippen molar-refractivity contribution < 1.29 is 24.7 Å². The largest absolute Gasteiger partial charge is 0.481 e. The molecule has 0 saturated carbocycles. The molecule has 5 N–H and O–H groups in total. The summed E-state index contributed by atoms with van der Waals surface area (Å²) in [6.07, 6.45) is 0.125. The van der Waals surface area contributed by atoms with E-state index in [0.717, 1.165) is 17.7 Å². The molecule has 10 nitrogen and oxygen atoms in total. The molecule has 2 heterocycles. The number of benzene rings is 3. The van der Waals surface area contributed by atoms with Crippen LogP contribution in [0.4, 0.5) is 5.69 Å². The Kier molecular flexibility index (Phi) is 9.11. The van der Waals surface area contributed by atoms with E-state index in [1.807, 2.05) is 36.4 Å². The van der Waals surface area contributed by atoms with Crippen molar-refractivity contribution in [2.24, 2.45) is 28.4 Å². The van der Waals surface area contributed by atoms with E-state index in [1.165, 1.54) is 18.2 Å². The highest BCUT2D eigenvalue weighted by atomic mass is 16.6. The van der Waals surface area contributed by atoms with Gasteiger partial charge < -0.3 is 15.9 Å². The standard InChI is InChI=1S/C35H42N4O6/c1-22(2)34(32(40)41)30(26-16-10-18-28(20-26)39(44)45)35(33(42)43,23(3)37-31(34)36)27-17-11-19-38(21-27)29(24-12-6-4-7-13-24)25-14-8-5-9-15-25/h4-10,12-16,18,20,22-23,27,29-31,37H,11,17,19,21,36H2,1-3H3,(H,40,41)(H,42,43). The number of nitro groups is 1. The minimum atomic E-state index is -1.79. The number of nitro benzene ring substituents is 1. The van der Waals surface area contributed by atoms with Crippen molar-refractivity contribution in [3.8, 4) is 0 Å². The monoisotopic (exact) mass is 614 g/mol. The van der Waals surface area contributed by atoms with Crippen LogP contribution in [0, 0.1) is 32.8 Å². The summed E-state index contributed by atoms with van der Waals surface area (Å²) >= 11 is 0. The summed E-state index contributed by atoms with van der Waals surface area (Å²) in [6.45, 7) is 6.32. The molecule has 3 aromatic carbocycles. The predicted octanol–water partition coefficient (Wildman–Crippen LogP) is 5.25. The number of likely N-dealkylation sites (tertiary alicyclic amines) is 1. The fourth-order valence-electron chi connectivity index (χ4n) is 8.52. The molecule has 6 unspecified atom stereocenters. The van der Waals surface area contributed by atoms with Crippen molar-refractivity contribution in [3.05, 3.63) is 112 Å². The van der Waals surface area contributed by atoms with Gasteiger partial charge in [0.05, 0.1) is 22.5 Å². The molecule has 10 heteroatoms. The van der Waals surface area contributed by atoms with E-state index < -0.39 is 57.7 Å². The number of rotatable bonds is 9. The van der Waals surface area contributed by atoms with Crippen LogP contribution in [-0.2, 0) is 9.59 Å². The van der Waals surface area contributed by atoms with E-state index in [1.54, 1.807) is 26.8 Å². The van der Waals surface area contributed by atoms with Crippen LogP contribution in [0.3, 0.4) is 0 Å². The molecule has 0 amide bonds. The summed E-state index contributed by atoms with van der Waals surface area (Å²) in [5, 5.41) is 37.6. The Labute approximate surface area is 263 Å². The number of nitrogens with zero attached hydrogens (tertiary/aromatic N) is 2. The maximum Gasteiger partial charge on any atom is 0.313 e. The quantitative estimate of drug-likeness (QED) is 0.186. The number of aliphatic carboxylic acids is 2. The van der Waals surface area contributed by atoms with Crippen molar-refractivity contribution in [1.29, 1.82) is 0 Å². The Morgan fingerprint density at radius 1 is 0.978 bits per heavy atom. The number of nitrogens with two attached hydrogens (primary N) is 1. The zero-order valence-electron chi connectivity index (χ0n) is 25.9. The Morgan fingerprint density at radius 3 is 2.09 bits per heavy atom.